The van der Waals surface area contributed by atoms with Gasteiger partial charge in [-0.2, -0.15) is 0 Å². The summed E-state index contributed by atoms with van der Waals surface area (Å²) in [6, 6.07) is 0. The molecule has 0 bridgehead atoms. The van der Waals surface area contributed by atoms with Crippen molar-refractivity contribution in [3.63, 3.8) is 0 Å². The summed E-state index contributed by atoms with van der Waals surface area (Å²) in [5.41, 5.74) is 0. The van der Waals surface area contributed by atoms with Crippen molar-refractivity contribution in [1.29, 1.82) is 0 Å². The average Bonchev–Trinajstić information content (AvgIpc) is 3.27. The number of likely N-dealkylation sites (N-methyl/N-ethyl adjacent to an activating group) is 1. The van der Waals surface area contributed by atoms with Gasteiger partial charge in [0.25, 0.3) is 0 Å². The second-order valence-corrected chi connectivity index (χ2v) is 22.1. The zero-order chi connectivity index (χ0) is 48.5. The van der Waals surface area contributed by atoms with Crippen LogP contribution in [0.25, 0.3) is 0 Å². The van der Waals surface area contributed by atoms with Crippen LogP contribution in [-0.4, -0.2) is 74.9 Å². The molecule has 0 saturated carbocycles. The Morgan fingerprint density at radius 2 is 0.773 bits per heavy atom. The van der Waals surface area contributed by atoms with Gasteiger partial charge in [-0.25, -0.2) is 4.57 Å². The summed E-state index contributed by atoms with van der Waals surface area (Å²) < 4.78 is 34.6. The van der Waals surface area contributed by atoms with E-state index in [9.17, 15) is 19.0 Å². The summed E-state index contributed by atoms with van der Waals surface area (Å²) in [5, 5.41) is 0. The van der Waals surface area contributed by atoms with Crippen LogP contribution >= 0.6 is 7.82 Å². The maximum absolute atomic E-state index is 12.8. The monoisotopic (exact) mass is 957 g/mol. The SMILES string of the molecule is CCCCCCCC/C=C\CCCCCCCCCCCC(=O)OC(COC(=O)CCCCCCCCCCCCCCCCCCCCCCCCC)COP(=O)(O)OCC[N+](C)(C)C. The first-order chi connectivity index (χ1) is 32.0. The van der Waals surface area contributed by atoms with E-state index < -0.39 is 26.5 Å². The number of esters is 2. The molecule has 2 unspecified atom stereocenters. The van der Waals surface area contributed by atoms with E-state index in [1.54, 1.807) is 0 Å². The summed E-state index contributed by atoms with van der Waals surface area (Å²) in [6.45, 7) is 4.48. The van der Waals surface area contributed by atoms with Crippen molar-refractivity contribution in [3.05, 3.63) is 12.2 Å². The number of rotatable bonds is 53. The van der Waals surface area contributed by atoms with E-state index in [1.807, 2.05) is 21.1 Å². The summed E-state index contributed by atoms with van der Waals surface area (Å²) in [4.78, 5) is 35.6. The minimum atomic E-state index is -4.38. The number of allylic oxidation sites excluding steroid dienone is 2. The molecule has 0 radical (unpaired) electrons. The molecule has 0 rings (SSSR count). The van der Waals surface area contributed by atoms with Crippen molar-refractivity contribution in [3.8, 4) is 0 Å². The highest BCUT2D eigenvalue weighted by molar-refractivity contribution is 7.47. The Kier molecular flexibility index (Phi) is 47.8. The number of hydrogen-bond donors (Lipinski definition) is 1. The number of hydrogen-bond acceptors (Lipinski definition) is 7. The Labute approximate surface area is 409 Å². The van der Waals surface area contributed by atoms with Crippen molar-refractivity contribution in [2.24, 2.45) is 0 Å². The van der Waals surface area contributed by atoms with Crippen LogP contribution in [0.2, 0.25) is 0 Å². The minimum absolute atomic E-state index is 0.0350. The molecule has 0 heterocycles. The maximum Gasteiger partial charge on any atom is 0.472 e. The predicted molar refractivity (Wildman–Crippen MR) is 280 cm³/mol. The van der Waals surface area contributed by atoms with Gasteiger partial charge in [-0.05, 0) is 38.5 Å². The third kappa shape index (κ3) is 52.1. The largest absolute Gasteiger partial charge is 0.472 e. The van der Waals surface area contributed by atoms with Crippen LogP contribution < -0.4 is 0 Å². The molecule has 0 spiro atoms. The van der Waals surface area contributed by atoms with Crippen molar-refractivity contribution in [1.82, 2.24) is 0 Å². The standard InChI is InChI=1S/C56H110NO8P/c1-6-8-10-12-14-16-18-20-22-24-26-27-28-29-31-32-34-36-38-40-42-44-46-48-55(58)62-52-54(53-64-66(60,61)63-51-50-57(3,4)5)65-56(59)49-47-45-43-41-39-37-35-33-30-25-23-21-19-17-15-13-11-9-7-2/h21,23,54H,6-20,22,24-53H2,1-5H3/p+1/b23-21-. The highest BCUT2D eigenvalue weighted by Crippen LogP contribution is 2.43. The van der Waals surface area contributed by atoms with Gasteiger partial charge >= 0.3 is 19.8 Å². The van der Waals surface area contributed by atoms with Gasteiger partial charge in [-0.3, -0.25) is 18.6 Å². The Morgan fingerprint density at radius 3 is 1.12 bits per heavy atom. The smallest absolute Gasteiger partial charge is 0.462 e. The zero-order valence-electron chi connectivity index (χ0n) is 44.5. The Hall–Kier alpha value is -1.25. The third-order valence-corrected chi connectivity index (χ3v) is 13.8. The van der Waals surface area contributed by atoms with Crippen molar-refractivity contribution >= 4 is 19.8 Å². The molecule has 9 nitrogen and oxygen atoms in total. The molecule has 2 atom stereocenters. The summed E-state index contributed by atoms with van der Waals surface area (Å²) in [5.74, 6) is -0.782. The number of nitrogens with zero attached hydrogens (tertiary/aromatic N) is 1. The molecule has 0 aliphatic carbocycles. The number of phosphoric acid groups is 1. The van der Waals surface area contributed by atoms with E-state index in [0.29, 0.717) is 23.9 Å². The van der Waals surface area contributed by atoms with Crippen LogP contribution in [0.1, 0.15) is 284 Å². The molecule has 0 amide bonds. The second-order valence-electron chi connectivity index (χ2n) is 20.7. The number of ether oxygens (including phenoxy) is 2. The van der Waals surface area contributed by atoms with Gasteiger partial charge in [0, 0.05) is 12.8 Å². The molecular formula is C56H111NO8P+. The topological polar surface area (TPSA) is 108 Å². The number of phosphoric ester groups is 1. The van der Waals surface area contributed by atoms with Gasteiger partial charge in [0.05, 0.1) is 27.7 Å². The normalized spacial score (nSPS) is 13.4. The van der Waals surface area contributed by atoms with Crippen LogP contribution in [0.5, 0.6) is 0 Å². The van der Waals surface area contributed by atoms with Gasteiger partial charge in [-0.1, -0.05) is 244 Å². The maximum atomic E-state index is 12.8. The molecule has 66 heavy (non-hydrogen) atoms. The first kappa shape index (κ1) is 64.8. The Balaban J connectivity index is 4.13. The highest BCUT2D eigenvalue weighted by atomic mass is 31.2. The van der Waals surface area contributed by atoms with Crippen LogP contribution in [0.4, 0.5) is 0 Å². The fourth-order valence-corrected chi connectivity index (χ4v) is 9.11. The number of carbonyl (C=O) groups excluding carboxylic acids is 2. The van der Waals surface area contributed by atoms with Gasteiger partial charge < -0.3 is 18.9 Å². The average molecular weight is 957 g/mol. The molecule has 0 fully saturated rings. The molecular weight excluding hydrogens is 846 g/mol. The van der Waals surface area contributed by atoms with Gasteiger partial charge in [0.15, 0.2) is 6.10 Å². The Bertz CT molecular complexity index is 1130. The predicted octanol–water partition coefficient (Wildman–Crippen LogP) is 17.3. The molecule has 0 aromatic rings. The van der Waals surface area contributed by atoms with Crippen LogP contribution in [-0.2, 0) is 32.7 Å². The molecule has 0 aliphatic heterocycles. The molecule has 0 aromatic carbocycles. The molecule has 0 saturated heterocycles. The fourth-order valence-electron chi connectivity index (χ4n) is 8.37. The number of unbranched alkanes of at least 4 members (excludes halogenated alkanes) is 37. The molecule has 10 heteroatoms. The first-order valence-corrected chi connectivity index (χ1v) is 29.9. The van der Waals surface area contributed by atoms with E-state index >= 15 is 0 Å². The number of carbonyl (C=O) groups is 2. The number of quaternary nitrogens is 1. The van der Waals surface area contributed by atoms with Crippen molar-refractivity contribution in [2.75, 3.05) is 47.5 Å². The molecule has 1 N–H and O–H groups in total. The van der Waals surface area contributed by atoms with E-state index in [0.717, 1.165) is 32.1 Å². The molecule has 0 aliphatic rings. The van der Waals surface area contributed by atoms with E-state index in [-0.39, 0.29) is 25.6 Å². The van der Waals surface area contributed by atoms with E-state index in [4.69, 9.17) is 18.5 Å². The van der Waals surface area contributed by atoms with Crippen molar-refractivity contribution in [2.45, 2.75) is 290 Å². The van der Waals surface area contributed by atoms with Crippen molar-refractivity contribution < 1.29 is 42.1 Å². The molecule has 392 valence electrons. The minimum Gasteiger partial charge on any atom is -0.462 e. The third-order valence-electron chi connectivity index (χ3n) is 12.8. The highest BCUT2D eigenvalue weighted by Gasteiger charge is 2.27. The lowest BCUT2D eigenvalue weighted by molar-refractivity contribution is -0.870. The van der Waals surface area contributed by atoms with Crippen LogP contribution in [0, 0.1) is 0 Å². The molecule has 0 aromatic heterocycles. The van der Waals surface area contributed by atoms with Crippen LogP contribution in [0.15, 0.2) is 12.2 Å². The summed E-state index contributed by atoms with van der Waals surface area (Å²) in [7, 11) is 1.49. The van der Waals surface area contributed by atoms with E-state index in [2.05, 4.69) is 26.0 Å². The Morgan fingerprint density at radius 1 is 0.455 bits per heavy atom. The van der Waals surface area contributed by atoms with Gasteiger partial charge in [-0.15, -0.1) is 0 Å². The van der Waals surface area contributed by atoms with Crippen LogP contribution in [0.3, 0.4) is 0 Å². The lowest BCUT2D eigenvalue weighted by atomic mass is 10.0. The fraction of sp³-hybridized carbons (Fsp3) is 0.929. The second kappa shape index (κ2) is 48.8. The summed E-state index contributed by atoms with van der Waals surface area (Å²) >= 11 is 0. The quantitative estimate of drug-likeness (QED) is 0.0211. The zero-order valence-corrected chi connectivity index (χ0v) is 45.4. The lowest BCUT2D eigenvalue weighted by Gasteiger charge is -2.24. The van der Waals surface area contributed by atoms with E-state index in [1.165, 1.54) is 218 Å². The van der Waals surface area contributed by atoms with Gasteiger partial charge in [0.1, 0.15) is 19.8 Å². The summed E-state index contributed by atoms with van der Waals surface area (Å²) in [6.07, 6.45) is 55.6. The van der Waals surface area contributed by atoms with Gasteiger partial charge in [0.2, 0.25) is 0 Å². The first-order valence-electron chi connectivity index (χ1n) is 28.4. The lowest BCUT2D eigenvalue weighted by Crippen LogP contribution is -2.37.